The summed E-state index contributed by atoms with van der Waals surface area (Å²) in [6.45, 7) is 4.07. The Hall–Kier alpha value is -1.65. The van der Waals surface area contributed by atoms with Gasteiger partial charge in [-0.2, -0.15) is 4.31 Å². The van der Waals surface area contributed by atoms with Crippen molar-refractivity contribution in [3.63, 3.8) is 0 Å². The van der Waals surface area contributed by atoms with E-state index in [0.29, 0.717) is 4.90 Å². The van der Waals surface area contributed by atoms with Crippen LogP contribution in [0.2, 0.25) is 0 Å². The number of nitrogens with zero attached hydrogens (tertiary/aromatic N) is 1. The summed E-state index contributed by atoms with van der Waals surface area (Å²) in [6, 6.07) is 17.2. The van der Waals surface area contributed by atoms with Crippen LogP contribution >= 0.6 is 0 Å². The summed E-state index contributed by atoms with van der Waals surface area (Å²) in [4.78, 5) is 0.393. The third-order valence-electron chi connectivity index (χ3n) is 4.57. The monoisotopic (exact) mass is 329 g/mol. The molecule has 1 aliphatic rings. The summed E-state index contributed by atoms with van der Waals surface area (Å²) in [5.41, 5.74) is 2.15. The third-order valence-corrected chi connectivity index (χ3v) is 6.54. The molecule has 0 aromatic heterocycles. The molecule has 1 heterocycles. The van der Waals surface area contributed by atoms with E-state index in [1.54, 1.807) is 16.4 Å². The van der Waals surface area contributed by atoms with E-state index in [1.165, 1.54) is 0 Å². The van der Waals surface area contributed by atoms with Gasteiger partial charge in [-0.05, 0) is 37.5 Å². The van der Waals surface area contributed by atoms with Crippen molar-refractivity contribution < 1.29 is 8.42 Å². The van der Waals surface area contributed by atoms with Crippen molar-refractivity contribution in [2.75, 3.05) is 0 Å². The van der Waals surface area contributed by atoms with Gasteiger partial charge in [0.2, 0.25) is 10.0 Å². The zero-order chi connectivity index (χ0) is 16.4. The molecule has 2 atom stereocenters. The SMILES string of the molecule is CCC[C@@H]1C[C@@H](c2ccccc2)N1S(=O)(=O)c1ccc(C)cc1. The molecule has 0 amide bonds. The van der Waals surface area contributed by atoms with Crippen LogP contribution < -0.4 is 0 Å². The van der Waals surface area contributed by atoms with E-state index in [2.05, 4.69) is 6.92 Å². The Bertz CT molecular complexity index is 754. The van der Waals surface area contributed by atoms with Gasteiger partial charge in [0.25, 0.3) is 0 Å². The fourth-order valence-electron chi connectivity index (χ4n) is 3.31. The Morgan fingerprint density at radius 2 is 1.70 bits per heavy atom. The van der Waals surface area contributed by atoms with E-state index in [-0.39, 0.29) is 12.1 Å². The van der Waals surface area contributed by atoms with Crippen LogP contribution in [-0.2, 0) is 10.0 Å². The Morgan fingerprint density at radius 1 is 1.04 bits per heavy atom. The van der Waals surface area contributed by atoms with E-state index in [1.807, 2.05) is 49.4 Å². The summed E-state index contributed by atoms with van der Waals surface area (Å²) in [5, 5.41) is 0. The quantitative estimate of drug-likeness (QED) is 0.820. The molecule has 2 aromatic carbocycles. The van der Waals surface area contributed by atoms with Gasteiger partial charge in [0, 0.05) is 6.04 Å². The van der Waals surface area contributed by atoms with E-state index < -0.39 is 10.0 Å². The molecule has 0 aliphatic carbocycles. The van der Waals surface area contributed by atoms with Gasteiger partial charge in [-0.3, -0.25) is 0 Å². The highest BCUT2D eigenvalue weighted by atomic mass is 32.2. The molecule has 0 bridgehead atoms. The first kappa shape index (κ1) is 16.2. The van der Waals surface area contributed by atoms with Crippen LogP contribution in [0.1, 0.15) is 43.4 Å². The second-order valence-corrected chi connectivity index (χ2v) is 8.10. The molecular formula is C19H23NO2S. The maximum Gasteiger partial charge on any atom is 0.243 e. The number of aryl methyl sites for hydroxylation is 1. The van der Waals surface area contributed by atoms with Crippen LogP contribution in [0.4, 0.5) is 0 Å². The molecule has 2 aromatic rings. The topological polar surface area (TPSA) is 37.4 Å². The van der Waals surface area contributed by atoms with Crippen molar-refractivity contribution in [1.29, 1.82) is 0 Å². The second kappa shape index (κ2) is 6.46. The van der Waals surface area contributed by atoms with Crippen LogP contribution in [0.3, 0.4) is 0 Å². The fraction of sp³-hybridized carbons (Fsp3) is 0.368. The van der Waals surface area contributed by atoms with Crippen molar-refractivity contribution >= 4 is 10.0 Å². The minimum absolute atomic E-state index is 0.0425. The highest BCUT2D eigenvalue weighted by molar-refractivity contribution is 7.89. The molecule has 4 heteroatoms. The van der Waals surface area contributed by atoms with Crippen LogP contribution in [-0.4, -0.2) is 18.8 Å². The van der Waals surface area contributed by atoms with E-state index in [4.69, 9.17) is 0 Å². The van der Waals surface area contributed by atoms with Crippen molar-refractivity contribution in [2.24, 2.45) is 0 Å². The van der Waals surface area contributed by atoms with E-state index in [0.717, 1.165) is 30.4 Å². The van der Waals surface area contributed by atoms with Crippen LogP contribution in [0.5, 0.6) is 0 Å². The molecule has 0 radical (unpaired) electrons. The van der Waals surface area contributed by atoms with Gasteiger partial charge in [0.05, 0.1) is 10.9 Å². The van der Waals surface area contributed by atoms with Gasteiger partial charge in [-0.25, -0.2) is 8.42 Å². The van der Waals surface area contributed by atoms with Gasteiger partial charge in [0.15, 0.2) is 0 Å². The highest BCUT2D eigenvalue weighted by Crippen LogP contribution is 2.44. The normalized spacial score (nSPS) is 21.8. The van der Waals surface area contributed by atoms with Gasteiger partial charge < -0.3 is 0 Å². The largest absolute Gasteiger partial charge is 0.243 e. The number of hydrogen-bond acceptors (Lipinski definition) is 2. The molecule has 0 N–H and O–H groups in total. The number of benzene rings is 2. The molecule has 0 saturated carbocycles. The Balaban J connectivity index is 1.96. The van der Waals surface area contributed by atoms with E-state index in [9.17, 15) is 8.42 Å². The van der Waals surface area contributed by atoms with Crippen LogP contribution in [0.25, 0.3) is 0 Å². The number of rotatable bonds is 5. The molecule has 0 unspecified atom stereocenters. The second-order valence-electron chi connectivity index (χ2n) is 6.25. The summed E-state index contributed by atoms with van der Waals surface area (Å²) in [6.07, 6.45) is 2.81. The van der Waals surface area contributed by atoms with Crippen LogP contribution in [0, 0.1) is 6.92 Å². The lowest BCUT2D eigenvalue weighted by Gasteiger charge is -2.47. The standard InChI is InChI=1S/C19H23NO2S/c1-3-7-17-14-19(16-8-5-4-6-9-16)20(17)23(21,22)18-12-10-15(2)11-13-18/h4-6,8-13,17,19H,3,7,14H2,1-2H3/t17-,19+/m1/s1. The van der Waals surface area contributed by atoms with Crippen molar-refractivity contribution in [3.8, 4) is 0 Å². The molecule has 3 rings (SSSR count). The first-order valence-electron chi connectivity index (χ1n) is 8.19. The summed E-state index contributed by atoms with van der Waals surface area (Å²) >= 11 is 0. The van der Waals surface area contributed by atoms with Crippen molar-refractivity contribution in [1.82, 2.24) is 4.31 Å². The molecule has 1 saturated heterocycles. The zero-order valence-corrected chi connectivity index (χ0v) is 14.5. The molecule has 0 spiro atoms. The molecule has 23 heavy (non-hydrogen) atoms. The number of hydrogen-bond donors (Lipinski definition) is 0. The molecule has 3 nitrogen and oxygen atoms in total. The molecule has 1 fully saturated rings. The third kappa shape index (κ3) is 3.06. The van der Waals surface area contributed by atoms with E-state index >= 15 is 0 Å². The average molecular weight is 329 g/mol. The van der Waals surface area contributed by atoms with Crippen LogP contribution in [0.15, 0.2) is 59.5 Å². The summed E-state index contributed by atoms with van der Waals surface area (Å²) in [7, 11) is -3.45. The molecule has 1 aliphatic heterocycles. The Labute approximate surface area is 139 Å². The lowest BCUT2D eigenvalue weighted by atomic mass is 9.88. The number of sulfonamides is 1. The zero-order valence-electron chi connectivity index (χ0n) is 13.6. The molecule has 122 valence electrons. The Morgan fingerprint density at radius 3 is 2.30 bits per heavy atom. The predicted molar refractivity (Wildman–Crippen MR) is 92.7 cm³/mol. The first-order valence-corrected chi connectivity index (χ1v) is 9.63. The predicted octanol–water partition coefficient (Wildman–Crippen LogP) is 4.30. The minimum atomic E-state index is -3.45. The lowest BCUT2D eigenvalue weighted by Crippen LogP contribution is -2.53. The fourth-order valence-corrected chi connectivity index (χ4v) is 5.16. The minimum Gasteiger partial charge on any atom is -0.207 e. The smallest absolute Gasteiger partial charge is 0.207 e. The highest BCUT2D eigenvalue weighted by Gasteiger charge is 2.46. The first-order chi connectivity index (χ1) is 11.0. The van der Waals surface area contributed by atoms with Crippen molar-refractivity contribution in [2.45, 2.75) is 50.1 Å². The average Bonchev–Trinajstić information content (AvgIpc) is 2.52. The van der Waals surface area contributed by atoms with Gasteiger partial charge in [-0.1, -0.05) is 61.4 Å². The summed E-state index contributed by atoms with van der Waals surface area (Å²) in [5.74, 6) is 0. The maximum atomic E-state index is 13.1. The van der Waals surface area contributed by atoms with Gasteiger partial charge in [-0.15, -0.1) is 0 Å². The van der Waals surface area contributed by atoms with Crippen molar-refractivity contribution in [3.05, 3.63) is 65.7 Å². The van der Waals surface area contributed by atoms with Gasteiger partial charge >= 0.3 is 0 Å². The Kier molecular flexibility index (Phi) is 4.55. The lowest BCUT2D eigenvalue weighted by molar-refractivity contribution is 0.103. The molecular weight excluding hydrogens is 306 g/mol. The van der Waals surface area contributed by atoms with Gasteiger partial charge in [0.1, 0.15) is 0 Å². The summed E-state index contributed by atoms with van der Waals surface area (Å²) < 4.78 is 28.0. The maximum absolute atomic E-state index is 13.1.